The molecule has 1 aromatic heterocycles. The Bertz CT molecular complexity index is 455. The van der Waals surface area contributed by atoms with E-state index in [1.807, 2.05) is 13.0 Å². The van der Waals surface area contributed by atoms with Crippen LogP contribution in [0.3, 0.4) is 0 Å². The lowest BCUT2D eigenvalue weighted by molar-refractivity contribution is -0.141. The summed E-state index contributed by atoms with van der Waals surface area (Å²) in [6, 6.07) is 1.89. The number of carboxylic acids is 1. The van der Waals surface area contributed by atoms with Crippen molar-refractivity contribution in [1.29, 1.82) is 0 Å². The van der Waals surface area contributed by atoms with E-state index in [1.165, 1.54) is 0 Å². The van der Waals surface area contributed by atoms with Crippen LogP contribution in [0.1, 0.15) is 18.5 Å². The Kier molecular flexibility index (Phi) is 3.64. The number of aromatic nitrogens is 2. The fraction of sp³-hybridized carbons (Fsp3) is 0.583. The van der Waals surface area contributed by atoms with Crippen LogP contribution in [0.15, 0.2) is 12.3 Å². The highest BCUT2D eigenvalue weighted by molar-refractivity contribution is 5.78. The third kappa shape index (κ3) is 2.69. The first-order valence-electron chi connectivity index (χ1n) is 6.07. The number of hydrogen-bond acceptors (Lipinski definition) is 3. The summed E-state index contributed by atoms with van der Waals surface area (Å²) in [5.41, 5.74) is 1.02. The van der Waals surface area contributed by atoms with Crippen molar-refractivity contribution in [2.45, 2.75) is 26.3 Å². The number of amides is 1. The molecule has 0 saturated carbocycles. The second-order valence-electron chi connectivity index (χ2n) is 4.61. The maximum absolute atomic E-state index is 11.9. The van der Waals surface area contributed by atoms with Gasteiger partial charge in [0.25, 0.3) is 0 Å². The molecule has 1 aliphatic heterocycles. The molecular formula is C12H17N3O3. The first kappa shape index (κ1) is 12.6. The standard InChI is InChI=1S/C12H17N3O3/c1-9-2-5-13-15(9)7-4-11(16)14-6-3-10(8-14)12(17)18/h2,5,10H,3-4,6-8H2,1H3,(H,17,18)/t10-/m1/s1. The third-order valence-electron chi connectivity index (χ3n) is 3.36. The number of carboxylic acid groups (broad SMARTS) is 1. The fourth-order valence-corrected chi connectivity index (χ4v) is 2.18. The van der Waals surface area contributed by atoms with Crippen LogP contribution in [-0.2, 0) is 16.1 Å². The molecule has 2 rings (SSSR count). The van der Waals surface area contributed by atoms with Gasteiger partial charge in [-0.1, -0.05) is 0 Å². The van der Waals surface area contributed by atoms with Gasteiger partial charge >= 0.3 is 5.97 Å². The van der Waals surface area contributed by atoms with Crippen LogP contribution in [0.5, 0.6) is 0 Å². The van der Waals surface area contributed by atoms with Crippen LogP contribution in [0.4, 0.5) is 0 Å². The molecule has 0 radical (unpaired) electrons. The van der Waals surface area contributed by atoms with Crippen LogP contribution in [0.2, 0.25) is 0 Å². The number of likely N-dealkylation sites (tertiary alicyclic amines) is 1. The van der Waals surface area contributed by atoms with Crippen molar-refractivity contribution in [3.8, 4) is 0 Å². The molecule has 1 amide bonds. The minimum atomic E-state index is -0.812. The molecule has 1 fully saturated rings. The largest absolute Gasteiger partial charge is 0.481 e. The third-order valence-corrected chi connectivity index (χ3v) is 3.36. The van der Waals surface area contributed by atoms with Gasteiger partial charge in [0, 0.05) is 37.9 Å². The molecule has 0 aromatic carbocycles. The molecule has 0 bridgehead atoms. The molecule has 1 saturated heterocycles. The van der Waals surface area contributed by atoms with Crippen LogP contribution in [-0.4, -0.2) is 44.8 Å². The van der Waals surface area contributed by atoms with Gasteiger partial charge in [-0.05, 0) is 19.4 Å². The zero-order valence-corrected chi connectivity index (χ0v) is 10.4. The van der Waals surface area contributed by atoms with E-state index in [0.29, 0.717) is 32.5 Å². The Morgan fingerprint density at radius 3 is 2.89 bits per heavy atom. The lowest BCUT2D eigenvalue weighted by Gasteiger charge is -2.15. The Morgan fingerprint density at radius 1 is 1.56 bits per heavy atom. The maximum atomic E-state index is 11.9. The van der Waals surface area contributed by atoms with Crippen molar-refractivity contribution in [2.75, 3.05) is 13.1 Å². The molecule has 6 nitrogen and oxygen atoms in total. The predicted molar refractivity (Wildman–Crippen MR) is 63.9 cm³/mol. The second kappa shape index (κ2) is 5.20. The predicted octanol–water partition coefficient (Wildman–Crippen LogP) is 0.515. The number of aliphatic carboxylic acids is 1. The monoisotopic (exact) mass is 251 g/mol. The molecule has 2 heterocycles. The minimum absolute atomic E-state index is 0.00801. The van der Waals surface area contributed by atoms with Gasteiger partial charge in [0.05, 0.1) is 5.92 Å². The van der Waals surface area contributed by atoms with Gasteiger partial charge in [-0.15, -0.1) is 0 Å². The summed E-state index contributed by atoms with van der Waals surface area (Å²) in [6.45, 7) is 3.37. The van der Waals surface area contributed by atoms with Crippen LogP contribution < -0.4 is 0 Å². The molecule has 1 aliphatic rings. The molecular weight excluding hydrogens is 234 g/mol. The van der Waals surface area contributed by atoms with Crippen molar-refractivity contribution < 1.29 is 14.7 Å². The molecule has 0 aliphatic carbocycles. The minimum Gasteiger partial charge on any atom is -0.481 e. The van der Waals surface area contributed by atoms with E-state index in [9.17, 15) is 9.59 Å². The van der Waals surface area contributed by atoms with E-state index < -0.39 is 11.9 Å². The van der Waals surface area contributed by atoms with Gasteiger partial charge < -0.3 is 10.0 Å². The number of carbonyl (C=O) groups is 2. The summed E-state index contributed by atoms with van der Waals surface area (Å²) in [6.07, 6.45) is 2.63. The van der Waals surface area contributed by atoms with Crippen LogP contribution in [0, 0.1) is 12.8 Å². The molecule has 0 unspecified atom stereocenters. The molecule has 1 atom stereocenters. The van der Waals surface area contributed by atoms with Crippen molar-refractivity contribution in [1.82, 2.24) is 14.7 Å². The summed E-state index contributed by atoms with van der Waals surface area (Å²) in [4.78, 5) is 24.4. The molecule has 1 N–H and O–H groups in total. The van der Waals surface area contributed by atoms with Crippen LogP contribution >= 0.6 is 0 Å². The van der Waals surface area contributed by atoms with Crippen molar-refractivity contribution in [3.05, 3.63) is 18.0 Å². The van der Waals surface area contributed by atoms with Crippen molar-refractivity contribution in [3.63, 3.8) is 0 Å². The Balaban J connectivity index is 1.83. The van der Waals surface area contributed by atoms with Crippen LogP contribution in [0.25, 0.3) is 0 Å². The van der Waals surface area contributed by atoms with E-state index in [4.69, 9.17) is 5.11 Å². The normalized spacial score (nSPS) is 19.2. The van der Waals surface area contributed by atoms with E-state index in [-0.39, 0.29) is 5.91 Å². The lowest BCUT2D eigenvalue weighted by atomic mass is 10.1. The summed E-state index contributed by atoms with van der Waals surface area (Å²) in [7, 11) is 0. The fourth-order valence-electron chi connectivity index (χ4n) is 2.18. The summed E-state index contributed by atoms with van der Waals surface area (Å²) >= 11 is 0. The highest BCUT2D eigenvalue weighted by atomic mass is 16.4. The first-order valence-corrected chi connectivity index (χ1v) is 6.07. The van der Waals surface area contributed by atoms with Gasteiger partial charge in [-0.2, -0.15) is 5.10 Å². The summed E-state index contributed by atoms with van der Waals surface area (Å²) in [5, 5.41) is 13.0. The van der Waals surface area contributed by atoms with Gasteiger partial charge in [0.1, 0.15) is 0 Å². The second-order valence-corrected chi connectivity index (χ2v) is 4.61. The Hall–Kier alpha value is -1.85. The SMILES string of the molecule is Cc1ccnn1CCC(=O)N1CC[C@@H](C(=O)O)C1. The van der Waals surface area contributed by atoms with E-state index in [0.717, 1.165) is 5.69 Å². The van der Waals surface area contributed by atoms with E-state index in [2.05, 4.69) is 5.10 Å². The number of carbonyl (C=O) groups excluding carboxylic acids is 1. The maximum Gasteiger partial charge on any atom is 0.308 e. The molecule has 98 valence electrons. The highest BCUT2D eigenvalue weighted by Gasteiger charge is 2.30. The number of nitrogens with zero attached hydrogens (tertiary/aromatic N) is 3. The van der Waals surface area contributed by atoms with E-state index in [1.54, 1.807) is 15.8 Å². The van der Waals surface area contributed by atoms with E-state index >= 15 is 0 Å². The summed E-state index contributed by atoms with van der Waals surface area (Å²) in [5.74, 6) is -1.21. The first-order chi connectivity index (χ1) is 8.58. The number of hydrogen-bond donors (Lipinski definition) is 1. The topological polar surface area (TPSA) is 75.4 Å². The zero-order valence-electron chi connectivity index (χ0n) is 10.4. The van der Waals surface area contributed by atoms with Crippen molar-refractivity contribution >= 4 is 11.9 Å². The highest BCUT2D eigenvalue weighted by Crippen LogP contribution is 2.17. The average molecular weight is 251 g/mol. The lowest BCUT2D eigenvalue weighted by Crippen LogP contribution is -2.30. The van der Waals surface area contributed by atoms with Gasteiger partial charge in [0.15, 0.2) is 0 Å². The van der Waals surface area contributed by atoms with Gasteiger partial charge in [0.2, 0.25) is 5.91 Å². The smallest absolute Gasteiger partial charge is 0.308 e. The molecule has 0 spiro atoms. The summed E-state index contributed by atoms with van der Waals surface area (Å²) < 4.78 is 1.78. The van der Waals surface area contributed by atoms with Crippen molar-refractivity contribution in [2.24, 2.45) is 5.92 Å². The average Bonchev–Trinajstić information content (AvgIpc) is 2.94. The molecule has 1 aromatic rings. The molecule has 6 heteroatoms. The Morgan fingerprint density at radius 2 is 2.33 bits per heavy atom. The zero-order chi connectivity index (χ0) is 13.1. The van der Waals surface area contributed by atoms with Gasteiger partial charge in [-0.3, -0.25) is 14.3 Å². The Labute approximate surface area is 105 Å². The number of rotatable bonds is 4. The quantitative estimate of drug-likeness (QED) is 0.846. The molecule has 18 heavy (non-hydrogen) atoms. The van der Waals surface area contributed by atoms with Gasteiger partial charge in [-0.25, -0.2) is 0 Å². The number of aryl methyl sites for hydroxylation is 2.